The van der Waals surface area contributed by atoms with E-state index in [1.165, 1.54) is 7.11 Å². The number of hydrogen-bond donors (Lipinski definition) is 3. The largest absolute Gasteiger partial charge is 0.481 e. The Morgan fingerprint density at radius 2 is 1.89 bits per heavy atom. The number of ether oxygens (including phenoxy) is 2. The fraction of sp³-hybridized carbons (Fsp3) is 0.571. The lowest BCUT2D eigenvalue weighted by Crippen LogP contribution is -2.07. The van der Waals surface area contributed by atoms with Gasteiger partial charge in [0.05, 0.1) is 18.6 Å². The van der Waals surface area contributed by atoms with E-state index in [-0.39, 0.29) is 11.8 Å². The van der Waals surface area contributed by atoms with Crippen LogP contribution in [0.25, 0.3) is 0 Å². The molecule has 28 heavy (non-hydrogen) atoms. The van der Waals surface area contributed by atoms with Crippen LogP contribution in [0.1, 0.15) is 58.8 Å². The minimum absolute atomic E-state index is 0.130. The van der Waals surface area contributed by atoms with Crippen LogP contribution in [-0.4, -0.2) is 36.7 Å². The summed E-state index contributed by atoms with van der Waals surface area (Å²) in [6.07, 6.45) is 9.95. The van der Waals surface area contributed by atoms with E-state index in [0.29, 0.717) is 35.5 Å². The predicted octanol–water partition coefficient (Wildman–Crippen LogP) is 5.31. The number of rotatable bonds is 13. The molecule has 0 bridgehead atoms. The molecule has 0 aromatic heterocycles. The highest BCUT2D eigenvalue weighted by molar-refractivity contribution is 6.64. The first-order valence-corrected chi connectivity index (χ1v) is 10.2. The normalized spacial score (nSPS) is 17.3. The van der Waals surface area contributed by atoms with Crippen molar-refractivity contribution in [3.05, 3.63) is 35.8 Å². The molecule has 0 amide bonds. The molecule has 1 aliphatic heterocycles. The van der Waals surface area contributed by atoms with E-state index in [1.54, 1.807) is 6.92 Å². The van der Waals surface area contributed by atoms with Gasteiger partial charge in [0.1, 0.15) is 5.17 Å². The van der Waals surface area contributed by atoms with Gasteiger partial charge in [-0.1, -0.05) is 44.0 Å². The molecule has 1 saturated heterocycles. The summed E-state index contributed by atoms with van der Waals surface area (Å²) < 4.78 is 10.5. The maximum absolute atomic E-state index is 8.14. The lowest BCUT2D eigenvalue weighted by atomic mass is 10.0. The van der Waals surface area contributed by atoms with Crippen molar-refractivity contribution < 1.29 is 9.47 Å². The number of nitrogens with zero attached hydrogens (tertiary/aromatic N) is 1. The molecule has 0 radical (unpaired) electrons. The molecule has 1 rings (SSSR count). The maximum atomic E-state index is 8.14. The molecule has 0 spiro atoms. The molecule has 1 unspecified atom stereocenters. The molecule has 1 atom stereocenters. The van der Waals surface area contributed by atoms with Crippen molar-refractivity contribution in [2.24, 2.45) is 4.99 Å². The SMILES string of the molecule is C=C(CCCCCC/C(C(=N)OC)=C(\C=C/C1CN1)N=C(C)Cl)OC(=N)CC. The number of hydrogen-bond acceptors (Lipinski definition) is 6. The summed E-state index contributed by atoms with van der Waals surface area (Å²) in [6.45, 7) is 8.44. The summed E-state index contributed by atoms with van der Waals surface area (Å²) in [5, 5.41) is 19.3. The van der Waals surface area contributed by atoms with Gasteiger partial charge in [0.25, 0.3) is 0 Å². The molecule has 0 saturated carbocycles. The van der Waals surface area contributed by atoms with Gasteiger partial charge in [-0.05, 0) is 32.3 Å². The molecule has 3 N–H and O–H groups in total. The van der Waals surface area contributed by atoms with Crippen molar-refractivity contribution >= 4 is 28.6 Å². The Labute approximate surface area is 173 Å². The maximum Gasteiger partial charge on any atom is 0.210 e. The Kier molecular flexibility index (Phi) is 11.4. The van der Waals surface area contributed by atoms with E-state index in [2.05, 4.69) is 16.9 Å². The third kappa shape index (κ3) is 10.4. The average molecular weight is 409 g/mol. The van der Waals surface area contributed by atoms with E-state index in [4.69, 9.17) is 31.9 Å². The second-order valence-electron chi connectivity index (χ2n) is 6.71. The minimum Gasteiger partial charge on any atom is -0.481 e. The quantitative estimate of drug-likeness (QED) is 0.0961. The summed E-state index contributed by atoms with van der Waals surface area (Å²) in [4.78, 5) is 4.40. The number of nitrogens with one attached hydrogen (secondary N) is 3. The first-order chi connectivity index (χ1) is 13.4. The van der Waals surface area contributed by atoms with Gasteiger partial charge in [0.2, 0.25) is 5.90 Å². The molecule has 1 aliphatic rings. The number of halogens is 1. The van der Waals surface area contributed by atoms with Crippen LogP contribution >= 0.6 is 11.6 Å². The summed E-state index contributed by atoms with van der Waals surface area (Å²) in [5.74, 6) is 1.04. The number of aliphatic imine (C=N–C) groups is 1. The third-order valence-corrected chi connectivity index (χ3v) is 4.29. The van der Waals surface area contributed by atoms with Crippen molar-refractivity contribution in [3.8, 4) is 0 Å². The standard InChI is InChI=1S/C21H33ClN4O2/c1-5-20(23)28-15(2)10-8-6-7-9-11-18(21(24)27-4)19(26-16(3)22)13-12-17-14-25-17/h12-13,17,23-25H,2,5-11,14H2,1,3-4H3/b13-12-,19-18-,23-20?,24-21?,26-16?. The van der Waals surface area contributed by atoms with Gasteiger partial charge >= 0.3 is 0 Å². The van der Waals surface area contributed by atoms with Gasteiger partial charge in [-0.25, -0.2) is 4.99 Å². The predicted molar refractivity (Wildman–Crippen MR) is 118 cm³/mol. The van der Waals surface area contributed by atoms with Crippen LogP contribution in [0.3, 0.4) is 0 Å². The Morgan fingerprint density at radius 1 is 1.25 bits per heavy atom. The molecule has 156 valence electrons. The summed E-state index contributed by atoms with van der Waals surface area (Å²) in [6, 6.07) is 0.378. The Morgan fingerprint density at radius 3 is 2.43 bits per heavy atom. The first-order valence-electron chi connectivity index (χ1n) is 9.78. The second-order valence-corrected chi connectivity index (χ2v) is 7.26. The van der Waals surface area contributed by atoms with E-state index < -0.39 is 0 Å². The highest BCUT2D eigenvalue weighted by Gasteiger charge is 2.17. The van der Waals surface area contributed by atoms with Gasteiger partial charge in [0.15, 0.2) is 5.90 Å². The van der Waals surface area contributed by atoms with Gasteiger partial charge in [-0.15, -0.1) is 0 Å². The van der Waals surface area contributed by atoms with Gasteiger partial charge in [-0.3, -0.25) is 10.8 Å². The number of unbranched alkanes of at least 4 members (excludes halogenated alkanes) is 3. The lowest BCUT2D eigenvalue weighted by Gasteiger charge is -2.11. The molecule has 0 aromatic rings. The summed E-state index contributed by atoms with van der Waals surface area (Å²) in [5.41, 5.74) is 1.46. The van der Waals surface area contributed by atoms with Crippen molar-refractivity contribution in [3.63, 3.8) is 0 Å². The molecule has 7 heteroatoms. The molecule has 0 aromatic carbocycles. The van der Waals surface area contributed by atoms with Crippen LogP contribution < -0.4 is 5.32 Å². The molecular formula is C21H33ClN4O2. The Hall–Kier alpha value is -1.92. The van der Waals surface area contributed by atoms with Crippen molar-refractivity contribution in [1.29, 1.82) is 10.8 Å². The summed E-state index contributed by atoms with van der Waals surface area (Å²) >= 11 is 5.99. The molecular weight excluding hydrogens is 376 g/mol. The zero-order valence-electron chi connectivity index (χ0n) is 17.2. The fourth-order valence-corrected chi connectivity index (χ4v) is 2.63. The monoisotopic (exact) mass is 408 g/mol. The lowest BCUT2D eigenvalue weighted by molar-refractivity contribution is 0.375. The van der Waals surface area contributed by atoms with Crippen molar-refractivity contribution in [1.82, 2.24) is 5.32 Å². The number of allylic oxidation sites excluding steroid dienone is 2. The molecule has 6 nitrogen and oxygen atoms in total. The van der Waals surface area contributed by atoms with E-state index in [0.717, 1.165) is 44.2 Å². The van der Waals surface area contributed by atoms with Crippen LogP contribution in [0.15, 0.2) is 40.8 Å². The Balaban J connectivity index is 2.56. The second kappa shape index (κ2) is 13.3. The van der Waals surface area contributed by atoms with Gasteiger partial charge in [0, 0.05) is 31.0 Å². The zero-order chi connectivity index (χ0) is 20.9. The average Bonchev–Trinajstić information content (AvgIpc) is 3.48. The van der Waals surface area contributed by atoms with Crippen molar-refractivity contribution in [2.75, 3.05) is 13.7 Å². The van der Waals surface area contributed by atoms with E-state index in [1.807, 2.05) is 19.1 Å². The smallest absolute Gasteiger partial charge is 0.210 e. The zero-order valence-corrected chi connectivity index (χ0v) is 18.0. The van der Waals surface area contributed by atoms with Crippen LogP contribution in [-0.2, 0) is 9.47 Å². The molecule has 1 heterocycles. The highest BCUT2D eigenvalue weighted by Crippen LogP contribution is 2.20. The van der Waals surface area contributed by atoms with E-state index >= 15 is 0 Å². The Bertz CT molecular complexity index is 645. The molecule has 1 fully saturated rings. The first kappa shape index (κ1) is 24.1. The number of methoxy groups -OCH3 is 1. The van der Waals surface area contributed by atoms with Gasteiger partial charge < -0.3 is 14.8 Å². The summed E-state index contributed by atoms with van der Waals surface area (Å²) in [7, 11) is 1.50. The van der Waals surface area contributed by atoms with E-state index in [9.17, 15) is 0 Å². The van der Waals surface area contributed by atoms with Crippen LogP contribution in [0.4, 0.5) is 0 Å². The van der Waals surface area contributed by atoms with Gasteiger partial charge in [-0.2, -0.15) is 0 Å². The van der Waals surface area contributed by atoms with Crippen LogP contribution in [0.5, 0.6) is 0 Å². The van der Waals surface area contributed by atoms with Crippen LogP contribution in [0, 0.1) is 10.8 Å². The third-order valence-electron chi connectivity index (χ3n) is 4.21. The fourth-order valence-electron chi connectivity index (χ4n) is 2.54. The molecule has 0 aliphatic carbocycles. The highest BCUT2D eigenvalue weighted by atomic mass is 35.5. The van der Waals surface area contributed by atoms with Crippen molar-refractivity contribution in [2.45, 2.75) is 64.8 Å². The minimum atomic E-state index is 0.130. The topological polar surface area (TPSA) is 100 Å². The van der Waals surface area contributed by atoms with Crippen LogP contribution in [0.2, 0.25) is 0 Å².